The van der Waals surface area contributed by atoms with E-state index in [1.807, 2.05) is 0 Å². The van der Waals surface area contributed by atoms with Crippen LogP contribution in [0, 0.1) is 0 Å². The van der Waals surface area contributed by atoms with Crippen molar-refractivity contribution < 1.29 is 28.3 Å². The summed E-state index contributed by atoms with van der Waals surface area (Å²) in [5.74, 6) is -0.457. The van der Waals surface area contributed by atoms with Gasteiger partial charge in [0.25, 0.3) is 0 Å². The summed E-state index contributed by atoms with van der Waals surface area (Å²) >= 11 is 0. The highest BCUT2D eigenvalue weighted by atomic mass is 19.4. The normalized spacial score (nSPS) is 11.5. The van der Waals surface area contributed by atoms with Gasteiger partial charge in [0.1, 0.15) is 5.75 Å². The zero-order chi connectivity index (χ0) is 10.9. The summed E-state index contributed by atoms with van der Waals surface area (Å²) in [6.07, 6.45) is -4.67. The minimum atomic E-state index is -4.67. The fourth-order valence-electron chi connectivity index (χ4n) is 1.02. The first-order valence-electron chi connectivity index (χ1n) is 3.58. The number of hydrogen-bond donors (Lipinski definition) is 3. The maximum atomic E-state index is 12.2. The van der Waals surface area contributed by atoms with Crippen molar-refractivity contribution in [2.45, 2.75) is 6.18 Å². The van der Waals surface area contributed by atoms with E-state index in [-0.39, 0.29) is 0 Å². The Bertz CT molecular complexity index is 337. The number of halogens is 3. The van der Waals surface area contributed by atoms with Crippen molar-refractivity contribution in [3.63, 3.8) is 0 Å². The van der Waals surface area contributed by atoms with Crippen LogP contribution in [0.5, 0.6) is 5.75 Å². The number of benzene rings is 1. The van der Waals surface area contributed by atoms with Crippen molar-refractivity contribution in [1.82, 2.24) is 0 Å². The molecule has 1 aromatic rings. The van der Waals surface area contributed by atoms with E-state index in [0.29, 0.717) is 12.1 Å². The van der Waals surface area contributed by atoms with Crippen LogP contribution in [0.15, 0.2) is 18.2 Å². The van der Waals surface area contributed by atoms with Crippen molar-refractivity contribution in [2.24, 2.45) is 0 Å². The molecule has 0 unspecified atom stereocenters. The topological polar surface area (TPSA) is 60.7 Å². The van der Waals surface area contributed by atoms with E-state index in [0.717, 1.165) is 6.07 Å². The number of hydrogen-bond acceptors (Lipinski definition) is 3. The van der Waals surface area contributed by atoms with E-state index in [9.17, 15) is 13.2 Å². The number of phenolic OH excluding ortho intramolecular Hbond substituents is 1. The van der Waals surface area contributed by atoms with E-state index in [2.05, 4.69) is 0 Å². The Morgan fingerprint density at radius 1 is 1.14 bits per heavy atom. The van der Waals surface area contributed by atoms with Crippen molar-refractivity contribution >= 4 is 12.6 Å². The molecule has 0 saturated carbocycles. The summed E-state index contributed by atoms with van der Waals surface area (Å²) in [4.78, 5) is 0. The van der Waals surface area contributed by atoms with Gasteiger partial charge < -0.3 is 15.2 Å². The van der Waals surface area contributed by atoms with E-state index < -0.39 is 30.1 Å². The summed E-state index contributed by atoms with van der Waals surface area (Å²) in [6, 6.07) is 2.08. The number of phenols is 1. The smallest absolute Gasteiger partial charge is 0.489 e. The molecule has 0 saturated heterocycles. The minimum Gasteiger partial charge on any atom is -0.508 e. The van der Waals surface area contributed by atoms with Crippen molar-refractivity contribution in [3.8, 4) is 5.75 Å². The lowest BCUT2D eigenvalue weighted by Gasteiger charge is -2.12. The van der Waals surface area contributed by atoms with Crippen LogP contribution < -0.4 is 5.46 Å². The van der Waals surface area contributed by atoms with E-state index in [1.165, 1.54) is 0 Å². The highest BCUT2D eigenvalue weighted by Crippen LogP contribution is 2.29. The lowest BCUT2D eigenvalue weighted by atomic mass is 9.76. The molecule has 0 heterocycles. The van der Waals surface area contributed by atoms with Crippen molar-refractivity contribution in [1.29, 1.82) is 0 Å². The molecule has 0 atom stereocenters. The lowest BCUT2D eigenvalue weighted by molar-refractivity contribution is -0.136. The molecule has 0 fully saturated rings. The molecule has 0 bridgehead atoms. The molecule has 0 aromatic heterocycles. The van der Waals surface area contributed by atoms with Crippen LogP contribution in [0.3, 0.4) is 0 Å². The van der Waals surface area contributed by atoms with Gasteiger partial charge >= 0.3 is 13.3 Å². The molecule has 3 nitrogen and oxygen atoms in total. The van der Waals surface area contributed by atoms with Gasteiger partial charge in [-0.2, -0.15) is 13.2 Å². The van der Waals surface area contributed by atoms with Gasteiger partial charge in [-0.3, -0.25) is 0 Å². The van der Waals surface area contributed by atoms with Crippen molar-refractivity contribution in [3.05, 3.63) is 23.8 Å². The maximum absolute atomic E-state index is 12.2. The molecule has 0 amide bonds. The molecule has 14 heavy (non-hydrogen) atoms. The van der Waals surface area contributed by atoms with Crippen molar-refractivity contribution in [2.75, 3.05) is 0 Å². The Kier molecular flexibility index (Phi) is 2.72. The number of alkyl halides is 3. The first-order valence-corrected chi connectivity index (χ1v) is 3.58. The first-order chi connectivity index (χ1) is 6.32. The highest BCUT2D eigenvalue weighted by molar-refractivity contribution is 6.59. The van der Waals surface area contributed by atoms with Gasteiger partial charge in [0, 0.05) is 0 Å². The summed E-state index contributed by atoms with van der Waals surface area (Å²) in [7, 11) is -2.27. The summed E-state index contributed by atoms with van der Waals surface area (Å²) in [6.45, 7) is 0. The average molecular weight is 206 g/mol. The Balaban J connectivity index is 3.29. The molecular formula is C7H6BF3O3. The average Bonchev–Trinajstić information content (AvgIpc) is 2.01. The van der Waals surface area contributed by atoms with Gasteiger partial charge in [0.05, 0.1) is 5.56 Å². The molecule has 0 aliphatic carbocycles. The SMILES string of the molecule is OB(O)c1cc(O)ccc1C(F)(F)F. The van der Waals surface area contributed by atoms with E-state index in [4.69, 9.17) is 15.2 Å². The summed E-state index contributed by atoms with van der Waals surface area (Å²) in [5.41, 5.74) is -1.94. The molecule has 0 radical (unpaired) electrons. The number of aromatic hydroxyl groups is 1. The Morgan fingerprint density at radius 3 is 2.14 bits per heavy atom. The molecule has 1 rings (SSSR count). The monoisotopic (exact) mass is 206 g/mol. The quantitative estimate of drug-likeness (QED) is 0.570. The second-order valence-electron chi connectivity index (χ2n) is 2.64. The third-order valence-corrected chi connectivity index (χ3v) is 1.62. The third-order valence-electron chi connectivity index (χ3n) is 1.62. The zero-order valence-corrected chi connectivity index (χ0v) is 6.78. The van der Waals surface area contributed by atoms with Crippen LogP contribution in [0.25, 0.3) is 0 Å². The Labute approximate surface area is 77.6 Å². The predicted octanol–water partition coefficient (Wildman–Crippen LogP) is 0.0908. The minimum absolute atomic E-state index is 0.457. The van der Waals surface area contributed by atoms with E-state index >= 15 is 0 Å². The predicted molar refractivity (Wildman–Crippen MR) is 42.9 cm³/mol. The summed E-state index contributed by atoms with van der Waals surface area (Å²) < 4.78 is 36.7. The molecule has 1 aromatic carbocycles. The third kappa shape index (κ3) is 2.18. The Morgan fingerprint density at radius 2 is 1.71 bits per heavy atom. The second-order valence-corrected chi connectivity index (χ2v) is 2.64. The van der Waals surface area contributed by atoms with Gasteiger partial charge in [-0.25, -0.2) is 0 Å². The van der Waals surface area contributed by atoms with E-state index in [1.54, 1.807) is 0 Å². The largest absolute Gasteiger partial charge is 0.508 e. The fourth-order valence-corrected chi connectivity index (χ4v) is 1.02. The highest BCUT2D eigenvalue weighted by Gasteiger charge is 2.36. The summed E-state index contributed by atoms with van der Waals surface area (Å²) in [5, 5.41) is 26.1. The molecule has 0 aliphatic rings. The molecule has 7 heteroatoms. The van der Waals surface area contributed by atoms with Crippen LogP contribution in [0.1, 0.15) is 5.56 Å². The first kappa shape index (κ1) is 10.9. The van der Waals surface area contributed by atoms with Crippen LogP contribution >= 0.6 is 0 Å². The molecule has 3 N–H and O–H groups in total. The van der Waals surface area contributed by atoms with Gasteiger partial charge in [0.15, 0.2) is 0 Å². The fraction of sp³-hybridized carbons (Fsp3) is 0.143. The van der Waals surface area contributed by atoms with Crippen LogP contribution in [-0.2, 0) is 6.18 Å². The van der Waals surface area contributed by atoms with Crippen LogP contribution in [-0.4, -0.2) is 22.3 Å². The van der Waals surface area contributed by atoms with Crippen LogP contribution in [0.2, 0.25) is 0 Å². The Hall–Kier alpha value is -1.21. The number of rotatable bonds is 1. The van der Waals surface area contributed by atoms with Gasteiger partial charge in [0.2, 0.25) is 0 Å². The standard InChI is InChI=1S/C7H6BF3O3/c9-7(10,11)5-2-1-4(12)3-6(5)8(13)14/h1-3,12-14H. The maximum Gasteiger partial charge on any atom is 0.489 e. The molecule has 0 aliphatic heterocycles. The van der Waals surface area contributed by atoms with Gasteiger partial charge in [-0.05, 0) is 23.7 Å². The molecular weight excluding hydrogens is 200 g/mol. The second kappa shape index (κ2) is 3.51. The lowest BCUT2D eigenvalue weighted by Crippen LogP contribution is -2.35. The van der Waals surface area contributed by atoms with Gasteiger partial charge in [-0.1, -0.05) is 0 Å². The zero-order valence-electron chi connectivity index (χ0n) is 6.78. The van der Waals surface area contributed by atoms with Gasteiger partial charge in [-0.15, -0.1) is 0 Å². The molecule has 0 spiro atoms. The molecule has 76 valence electrons. The van der Waals surface area contributed by atoms with Crippen LogP contribution in [0.4, 0.5) is 13.2 Å².